The maximum Gasteiger partial charge on any atom is 0.131 e. The van der Waals surface area contributed by atoms with E-state index in [1.54, 1.807) is 17.4 Å². The van der Waals surface area contributed by atoms with Crippen molar-refractivity contribution in [3.63, 3.8) is 0 Å². The number of aromatic nitrogens is 2. The van der Waals surface area contributed by atoms with Gasteiger partial charge in [-0.15, -0.1) is 11.3 Å². The molecule has 0 atom stereocenters. The smallest absolute Gasteiger partial charge is 0.131 e. The number of unbranched alkanes of at least 4 members (excludes halogenated alkanes) is 2. The predicted octanol–water partition coefficient (Wildman–Crippen LogP) is 11.4. The van der Waals surface area contributed by atoms with Crippen LogP contribution in [0.15, 0.2) is 84.9 Å². The van der Waals surface area contributed by atoms with Gasteiger partial charge in [-0.2, -0.15) is 8.75 Å². The fourth-order valence-corrected chi connectivity index (χ4v) is 7.69. The van der Waals surface area contributed by atoms with E-state index >= 15 is 4.39 Å². The van der Waals surface area contributed by atoms with Crippen LogP contribution in [-0.2, 0) is 12.8 Å². The van der Waals surface area contributed by atoms with Crippen molar-refractivity contribution in [1.82, 2.24) is 8.75 Å². The Balaban J connectivity index is 1.15. The van der Waals surface area contributed by atoms with Gasteiger partial charge in [-0.25, -0.2) is 4.39 Å². The number of aryl methyl sites for hydroxylation is 2. The Morgan fingerprint density at radius 1 is 0.750 bits per heavy atom. The third kappa shape index (κ3) is 5.69. The highest BCUT2D eigenvalue weighted by molar-refractivity contribution is 7.19. The van der Waals surface area contributed by atoms with Crippen molar-refractivity contribution in [1.29, 1.82) is 0 Å². The van der Waals surface area contributed by atoms with Crippen LogP contribution >= 0.6 is 23.1 Å². The van der Waals surface area contributed by atoms with Crippen molar-refractivity contribution >= 4 is 34.1 Å². The van der Waals surface area contributed by atoms with E-state index in [0.29, 0.717) is 5.56 Å². The molecule has 4 aromatic carbocycles. The normalized spacial score (nSPS) is 14.0. The summed E-state index contributed by atoms with van der Waals surface area (Å²) in [5.74, 6) is 0.735. The molecular formula is C38H35FN2OS2. The molecule has 3 heterocycles. The van der Waals surface area contributed by atoms with E-state index in [0.717, 1.165) is 63.2 Å². The van der Waals surface area contributed by atoms with Gasteiger partial charge in [0.25, 0.3) is 0 Å². The van der Waals surface area contributed by atoms with Crippen LogP contribution in [0.5, 0.6) is 5.75 Å². The highest BCUT2D eigenvalue weighted by atomic mass is 32.1. The van der Waals surface area contributed by atoms with Gasteiger partial charge in [0, 0.05) is 26.4 Å². The lowest BCUT2D eigenvalue weighted by atomic mass is 9.93. The van der Waals surface area contributed by atoms with E-state index < -0.39 is 0 Å². The van der Waals surface area contributed by atoms with Crippen molar-refractivity contribution in [3.05, 3.63) is 102 Å². The van der Waals surface area contributed by atoms with Gasteiger partial charge in [-0.1, -0.05) is 68.3 Å². The maximum atomic E-state index is 15.7. The van der Waals surface area contributed by atoms with E-state index in [1.807, 2.05) is 18.2 Å². The van der Waals surface area contributed by atoms with Gasteiger partial charge in [0.1, 0.15) is 28.2 Å². The highest BCUT2D eigenvalue weighted by Crippen LogP contribution is 2.42. The summed E-state index contributed by atoms with van der Waals surface area (Å²) in [4.78, 5) is 2.32. The van der Waals surface area contributed by atoms with Crippen LogP contribution in [0, 0.1) is 5.82 Å². The molecule has 6 aromatic rings. The van der Waals surface area contributed by atoms with Crippen LogP contribution in [0.25, 0.3) is 54.2 Å². The van der Waals surface area contributed by atoms with Crippen molar-refractivity contribution in [2.75, 3.05) is 0 Å². The van der Waals surface area contributed by atoms with E-state index in [1.165, 1.54) is 52.6 Å². The summed E-state index contributed by atoms with van der Waals surface area (Å²) >= 11 is 2.91. The van der Waals surface area contributed by atoms with Crippen LogP contribution in [0.2, 0.25) is 0 Å². The lowest BCUT2D eigenvalue weighted by Gasteiger charge is -2.32. The Bertz CT molecular complexity index is 1950. The van der Waals surface area contributed by atoms with Gasteiger partial charge < -0.3 is 4.74 Å². The topological polar surface area (TPSA) is 35.0 Å². The van der Waals surface area contributed by atoms with Crippen molar-refractivity contribution in [2.24, 2.45) is 0 Å². The zero-order chi connectivity index (χ0) is 30.3. The standard InChI is InChI=1S/C38H35FN2OS2/c1-4-5-6-7-24-8-10-25(11-9-24)26-12-14-29(32(39)23-26)30-15-16-31(37-36(30)40-44-41-37)35-19-18-34(43-35)28-13-17-33-27(22-28)20-21-38(2,3)42-33/h8-19,22-23H,4-7,20-21H2,1-3H3. The maximum absolute atomic E-state index is 15.7. The Morgan fingerprint density at radius 3 is 2.25 bits per heavy atom. The second-order valence-corrected chi connectivity index (χ2v) is 13.9. The first-order valence-electron chi connectivity index (χ1n) is 15.5. The monoisotopic (exact) mass is 618 g/mol. The molecule has 7 rings (SSSR count). The molecule has 0 bridgehead atoms. The molecule has 1 aliphatic heterocycles. The quantitative estimate of drug-likeness (QED) is 0.159. The average molecular weight is 619 g/mol. The lowest BCUT2D eigenvalue weighted by molar-refractivity contribution is 0.0847. The Kier molecular flexibility index (Phi) is 7.81. The van der Waals surface area contributed by atoms with Gasteiger partial charge in [0.15, 0.2) is 0 Å². The Morgan fingerprint density at radius 2 is 1.45 bits per heavy atom. The summed E-state index contributed by atoms with van der Waals surface area (Å²) in [5.41, 5.74) is 9.44. The van der Waals surface area contributed by atoms with Crippen molar-refractivity contribution in [2.45, 2.75) is 64.9 Å². The van der Waals surface area contributed by atoms with Crippen LogP contribution < -0.4 is 4.74 Å². The van der Waals surface area contributed by atoms with Gasteiger partial charge in [0.05, 0.1) is 11.7 Å². The number of hydrogen-bond donors (Lipinski definition) is 0. The van der Waals surface area contributed by atoms with Crippen molar-refractivity contribution < 1.29 is 9.13 Å². The number of thiophene rings is 1. The molecule has 3 nitrogen and oxygen atoms in total. The average Bonchev–Trinajstić information content (AvgIpc) is 3.72. The molecule has 222 valence electrons. The van der Waals surface area contributed by atoms with Gasteiger partial charge in [-0.05, 0) is 104 Å². The lowest BCUT2D eigenvalue weighted by Crippen LogP contribution is -2.32. The molecule has 6 heteroatoms. The van der Waals surface area contributed by atoms with E-state index in [4.69, 9.17) is 4.74 Å². The predicted molar refractivity (Wildman–Crippen MR) is 183 cm³/mol. The first-order chi connectivity index (χ1) is 21.4. The summed E-state index contributed by atoms with van der Waals surface area (Å²) in [6, 6.07) is 28.9. The SMILES string of the molecule is CCCCCc1ccc(-c2ccc(-c3ccc(-c4ccc(-c5ccc6c(c5)CCC(C)(C)O6)s4)c4nsnc34)c(F)c2)cc1. The molecule has 0 unspecified atom stereocenters. The number of rotatable bonds is 8. The summed E-state index contributed by atoms with van der Waals surface area (Å²) in [5, 5.41) is 0. The van der Waals surface area contributed by atoms with Crippen LogP contribution in [0.1, 0.15) is 57.6 Å². The number of ether oxygens (including phenoxy) is 1. The van der Waals surface area contributed by atoms with E-state index in [2.05, 4.69) is 90.2 Å². The summed E-state index contributed by atoms with van der Waals surface area (Å²) in [7, 11) is 0. The molecule has 44 heavy (non-hydrogen) atoms. The molecule has 0 spiro atoms. The second-order valence-electron chi connectivity index (χ2n) is 12.3. The molecule has 2 aromatic heterocycles. The number of hydrogen-bond acceptors (Lipinski definition) is 5. The second kappa shape index (κ2) is 11.9. The molecule has 0 fully saturated rings. The summed E-state index contributed by atoms with van der Waals surface area (Å²) in [6.07, 6.45) is 6.78. The van der Waals surface area contributed by atoms with Crippen molar-refractivity contribution in [3.8, 4) is 48.9 Å². The molecule has 0 amide bonds. The zero-order valence-corrected chi connectivity index (χ0v) is 27.0. The first-order valence-corrected chi connectivity index (χ1v) is 17.0. The number of fused-ring (bicyclic) bond motifs is 2. The first kappa shape index (κ1) is 28.9. The third-order valence-corrected chi connectivity index (χ3v) is 10.3. The summed E-state index contributed by atoms with van der Waals surface area (Å²) in [6.45, 7) is 6.51. The fraction of sp³-hybridized carbons (Fsp3) is 0.263. The minimum Gasteiger partial charge on any atom is -0.488 e. The van der Waals surface area contributed by atoms with Crippen LogP contribution in [0.4, 0.5) is 4.39 Å². The molecule has 0 radical (unpaired) electrons. The molecule has 1 aliphatic rings. The summed E-state index contributed by atoms with van der Waals surface area (Å²) < 4.78 is 31.1. The molecule has 0 N–H and O–H groups in total. The zero-order valence-electron chi connectivity index (χ0n) is 25.3. The van der Waals surface area contributed by atoms with Gasteiger partial charge in [-0.3, -0.25) is 0 Å². The van der Waals surface area contributed by atoms with E-state index in [9.17, 15) is 0 Å². The molecular weight excluding hydrogens is 584 g/mol. The van der Waals surface area contributed by atoms with Gasteiger partial charge >= 0.3 is 0 Å². The molecule has 0 saturated carbocycles. The Labute approximate surface area is 266 Å². The molecule has 0 saturated heterocycles. The number of halogens is 1. The number of nitrogens with zero attached hydrogens (tertiary/aromatic N) is 2. The van der Waals surface area contributed by atoms with E-state index in [-0.39, 0.29) is 11.4 Å². The Hall–Kier alpha value is -3.87. The minimum atomic E-state index is -0.255. The third-order valence-electron chi connectivity index (χ3n) is 8.63. The highest BCUT2D eigenvalue weighted by Gasteiger charge is 2.27. The van der Waals surface area contributed by atoms with Crippen LogP contribution in [-0.4, -0.2) is 14.3 Å². The fourth-order valence-electron chi connectivity index (χ4n) is 6.09. The van der Waals surface area contributed by atoms with Gasteiger partial charge in [0.2, 0.25) is 0 Å². The van der Waals surface area contributed by atoms with Crippen LogP contribution in [0.3, 0.4) is 0 Å². The largest absolute Gasteiger partial charge is 0.488 e. The molecule has 0 aliphatic carbocycles. The minimum absolute atomic E-state index is 0.117. The number of benzene rings is 4.